The van der Waals surface area contributed by atoms with Gasteiger partial charge in [-0.05, 0) is 18.4 Å². The Kier molecular flexibility index (Phi) is 3.45. The molecule has 2 aromatic heterocycles. The Hall–Kier alpha value is -2.11. The van der Waals surface area contributed by atoms with Gasteiger partial charge in [0.1, 0.15) is 11.6 Å². The number of anilines is 1. The molecule has 0 radical (unpaired) electrons. The summed E-state index contributed by atoms with van der Waals surface area (Å²) in [5.41, 5.74) is 0.771. The second-order valence-corrected chi connectivity index (χ2v) is 4.60. The van der Waals surface area contributed by atoms with Gasteiger partial charge >= 0.3 is 5.97 Å². The summed E-state index contributed by atoms with van der Waals surface area (Å²) < 4.78 is 1.66. The zero-order chi connectivity index (χ0) is 13.1. The van der Waals surface area contributed by atoms with Gasteiger partial charge < -0.3 is 10.4 Å². The lowest BCUT2D eigenvalue weighted by atomic mass is 10.0. The lowest BCUT2D eigenvalue weighted by molar-refractivity contribution is -0.138. The van der Waals surface area contributed by atoms with Crippen LogP contribution in [0.3, 0.4) is 0 Å². The summed E-state index contributed by atoms with van der Waals surface area (Å²) in [4.78, 5) is 15.4. The molecular weight excluding hydrogens is 232 g/mol. The van der Waals surface area contributed by atoms with Crippen molar-refractivity contribution in [3.05, 3.63) is 24.7 Å². The minimum Gasteiger partial charge on any atom is -0.480 e. The van der Waals surface area contributed by atoms with Crippen molar-refractivity contribution < 1.29 is 9.90 Å². The topological polar surface area (TPSA) is 79.5 Å². The van der Waals surface area contributed by atoms with E-state index in [1.807, 2.05) is 13.8 Å². The van der Waals surface area contributed by atoms with E-state index in [1.54, 1.807) is 29.2 Å². The molecule has 6 nitrogen and oxygen atoms in total. The molecule has 0 aromatic carbocycles. The van der Waals surface area contributed by atoms with Crippen LogP contribution in [0.1, 0.15) is 20.3 Å². The fourth-order valence-electron chi connectivity index (χ4n) is 1.83. The van der Waals surface area contributed by atoms with Gasteiger partial charge in [0, 0.05) is 12.4 Å². The van der Waals surface area contributed by atoms with Gasteiger partial charge in [0.2, 0.25) is 0 Å². The van der Waals surface area contributed by atoms with Crippen LogP contribution >= 0.6 is 0 Å². The molecule has 0 aliphatic carbocycles. The summed E-state index contributed by atoms with van der Waals surface area (Å²) in [6.07, 6.45) is 5.52. The number of hydrogen-bond donors (Lipinski definition) is 2. The normalized spacial score (nSPS) is 12.8. The van der Waals surface area contributed by atoms with Crippen LogP contribution in [0, 0.1) is 5.92 Å². The Morgan fingerprint density at radius 3 is 2.94 bits per heavy atom. The molecule has 2 rings (SSSR count). The fourth-order valence-corrected chi connectivity index (χ4v) is 1.83. The molecule has 18 heavy (non-hydrogen) atoms. The number of aromatic nitrogens is 3. The maximum Gasteiger partial charge on any atom is 0.326 e. The van der Waals surface area contributed by atoms with E-state index in [1.165, 1.54) is 0 Å². The summed E-state index contributed by atoms with van der Waals surface area (Å²) in [6, 6.07) is 1.16. The summed E-state index contributed by atoms with van der Waals surface area (Å²) >= 11 is 0. The van der Waals surface area contributed by atoms with Crippen LogP contribution < -0.4 is 5.32 Å². The van der Waals surface area contributed by atoms with Crippen molar-refractivity contribution in [2.45, 2.75) is 26.3 Å². The summed E-state index contributed by atoms with van der Waals surface area (Å²) in [5.74, 6) is -0.0293. The quantitative estimate of drug-likeness (QED) is 0.840. The van der Waals surface area contributed by atoms with Gasteiger partial charge in [-0.1, -0.05) is 13.8 Å². The van der Waals surface area contributed by atoms with Crippen molar-refractivity contribution in [1.29, 1.82) is 0 Å². The lowest BCUT2D eigenvalue weighted by Crippen LogP contribution is -2.31. The smallest absolute Gasteiger partial charge is 0.326 e. The minimum atomic E-state index is -0.869. The fraction of sp³-hybridized carbons (Fsp3) is 0.417. The molecule has 2 aromatic rings. The average Bonchev–Trinajstić information content (AvgIpc) is 2.76. The second kappa shape index (κ2) is 5.03. The third-order valence-corrected chi connectivity index (χ3v) is 2.64. The van der Waals surface area contributed by atoms with Crippen molar-refractivity contribution in [2.24, 2.45) is 5.92 Å². The molecule has 0 saturated heterocycles. The largest absolute Gasteiger partial charge is 0.480 e. The van der Waals surface area contributed by atoms with Gasteiger partial charge in [-0.25, -0.2) is 14.3 Å². The zero-order valence-corrected chi connectivity index (χ0v) is 10.4. The number of carbonyl (C=O) groups is 1. The Bertz CT molecular complexity index is 550. The van der Waals surface area contributed by atoms with Gasteiger partial charge in [0.05, 0.1) is 6.20 Å². The summed E-state index contributed by atoms with van der Waals surface area (Å²) in [5, 5.41) is 16.2. The Labute approximate surface area is 105 Å². The number of fused-ring (bicyclic) bond motifs is 1. The van der Waals surface area contributed by atoms with Crippen molar-refractivity contribution in [2.75, 3.05) is 5.32 Å². The summed E-state index contributed by atoms with van der Waals surface area (Å²) in [7, 11) is 0. The van der Waals surface area contributed by atoms with E-state index >= 15 is 0 Å². The highest BCUT2D eigenvalue weighted by Gasteiger charge is 2.20. The zero-order valence-electron chi connectivity index (χ0n) is 10.4. The monoisotopic (exact) mass is 248 g/mol. The van der Waals surface area contributed by atoms with Crippen molar-refractivity contribution in [3.8, 4) is 0 Å². The van der Waals surface area contributed by atoms with E-state index in [9.17, 15) is 9.90 Å². The Morgan fingerprint density at radius 1 is 1.50 bits per heavy atom. The third kappa shape index (κ3) is 2.58. The second-order valence-electron chi connectivity index (χ2n) is 4.60. The van der Waals surface area contributed by atoms with Gasteiger partial charge in [-0.3, -0.25) is 0 Å². The lowest BCUT2D eigenvalue weighted by Gasteiger charge is -2.17. The first kappa shape index (κ1) is 12.3. The first-order chi connectivity index (χ1) is 8.58. The van der Waals surface area contributed by atoms with E-state index in [0.717, 1.165) is 5.52 Å². The minimum absolute atomic E-state index is 0.295. The van der Waals surface area contributed by atoms with E-state index in [2.05, 4.69) is 15.4 Å². The highest BCUT2D eigenvalue weighted by atomic mass is 16.4. The SMILES string of the molecule is CC(C)CC(Nc1nccn2nccc12)C(=O)O. The van der Waals surface area contributed by atoms with E-state index in [0.29, 0.717) is 18.2 Å². The predicted octanol–water partition coefficient (Wildman–Crippen LogP) is 1.64. The number of nitrogens with one attached hydrogen (secondary N) is 1. The molecule has 2 heterocycles. The molecule has 0 fully saturated rings. The first-order valence-electron chi connectivity index (χ1n) is 5.85. The molecule has 0 spiro atoms. The van der Waals surface area contributed by atoms with Crippen molar-refractivity contribution in [1.82, 2.24) is 14.6 Å². The van der Waals surface area contributed by atoms with Gasteiger partial charge in [-0.15, -0.1) is 0 Å². The van der Waals surface area contributed by atoms with Crippen molar-refractivity contribution >= 4 is 17.3 Å². The molecule has 0 bridgehead atoms. The molecular formula is C12H16N4O2. The number of carboxylic acids is 1. The number of aliphatic carboxylic acids is 1. The van der Waals surface area contributed by atoms with Crippen LogP contribution in [0.25, 0.3) is 5.52 Å². The molecule has 1 atom stereocenters. The number of rotatable bonds is 5. The number of carboxylic acid groups (broad SMARTS) is 1. The molecule has 6 heteroatoms. The standard InChI is InChI=1S/C12H16N4O2/c1-8(2)7-9(12(17)18)15-11-10-3-4-14-16(10)6-5-13-11/h3-6,8-9H,7H2,1-2H3,(H,13,15)(H,17,18). The van der Waals surface area contributed by atoms with Gasteiger partial charge in [0.25, 0.3) is 0 Å². The first-order valence-corrected chi connectivity index (χ1v) is 5.85. The predicted molar refractivity (Wildman–Crippen MR) is 67.5 cm³/mol. The van der Waals surface area contributed by atoms with Gasteiger partial charge in [0.15, 0.2) is 5.82 Å². The molecule has 0 amide bonds. The average molecular weight is 248 g/mol. The van der Waals surface area contributed by atoms with E-state index in [-0.39, 0.29) is 0 Å². The Balaban J connectivity index is 2.25. The maximum atomic E-state index is 11.2. The van der Waals surface area contributed by atoms with Crippen LogP contribution in [-0.2, 0) is 4.79 Å². The number of nitrogens with zero attached hydrogens (tertiary/aromatic N) is 3. The highest BCUT2D eigenvalue weighted by Crippen LogP contribution is 2.16. The highest BCUT2D eigenvalue weighted by molar-refractivity contribution is 5.79. The van der Waals surface area contributed by atoms with E-state index < -0.39 is 12.0 Å². The van der Waals surface area contributed by atoms with Crippen LogP contribution in [0.2, 0.25) is 0 Å². The maximum absolute atomic E-state index is 11.2. The summed E-state index contributed by atoms with van der Waals surface area (Å²) in [6.45, 7) is 3.98. The molecule has 0 saturated carbocycles. The molecule has 96 valence electrons. The van der Waals surface area contributed by atoms with Gasteiger partial charge in [-0.2, -0.15) is 5.10 Å². The molecule has 1 unspecified atom stereocenters. The van der Waals surface area contributed by atoms with Crippen LogP contribution in [-0.4, -0.2) is 31.7 Å². The molecule has 2 N–H and O–H groups in total. The molecule has 0 aliphatic rings. The third-order valence-electron chi connectivity index (χ3n) is 2.64. The van der Waals surface area contributed by atoms with Crippen LogP contribution in [0.4, 0.5) is 5.82 Å². The van der Waals surface area contributed by atoms with Crippen molar-refractivity contribution in [3.63, 3.8) is 0 Å². The van der Waals surface area contributed by atoms with Crippen LogP contribution in [0.5, 0.6) is 0 Å². The van der Waals surface area contributed by atoms with Crippen LogP contribution in [0.15, 0.2) is 24.7 Å². The molecule has 0 aliphatic heterocycles. The number of hydrogen-bond acceptors (Lipinski definition) is 4. The van der Waals surface area contributed by atoms with E-state index in [4.69, 9.17) is 0 Å². The Morgan fingerprint density at radius 2 is 2.28 bits per heavy atom.